The molecule has 0 aromatic carbocycles. The van der Waals surface area contributed by atoms with E-state index >= 15 is 0 Å². The van der Waals surface area contributed by atoms with Crippen molar-refractivity contribution >= 4 is 11.3 Å². The molecule has 2 aromatic rings. The number of hydrogen-bond acceptors (Lipinski definition) is 6. The van der Waals surface area contributed by atoms with Crippen molar-refractivity contribution in [2.45, 2.75) is 38.8 Å². The van der Waals surface area contributed by atoms with Crippen LogP contribution in [0.3, 0.4) is 0 Å². The molecule has 0 atom stereocenters. The number of rotatable bonds is 5. The Morgan fingerprint density at radius 2 is 1.84 bits per heavy atom. The quantitative estimate of drug-likeness (QED) is 0.808. The molecule has 1 aliphatic carbocycles. The number of piperazine rings is 1. The molecule has 25 heavy (non-hydrogen) atoms. The molecule has 0 saturated carbocycles. The molecule has 6 nitrogen and oxygen atoms in total. The van der Waals surface area contributed by atoms with Crippen LogP contribution >= 0.6 is 11.3 Å². The van der Waals surface area contributed by atoms with Crippen LogP contribution in [0.15, 0.2) is 23.1 Å². The van der Waals surface area contributed by atoms with E-state index in [9.17, 15) is 4.79 Å². The predicted octanol–water partition coefficient (Wildman–Crippen LogP) is 1.40. The largest absolute Gasteiger partial charge is 0.299 e. The minimum absolute atomic E-state index is 0.0196. The van der Waals surface area contributed by atoms with Gasteiger partial charge in [-0.15, -0.1) is 11.3 Å². The van der Waals surface area contributed by atoms with Crippen molar-refractivity contribution in [3.05, 3.63) is 44.3 Å². The molecule has 2 aliphatic rings. The maximum absolute atomic E-state index is 11.7. The zero-order valence-corrected chi connectivity index (χ0v) is 15.4. The molecule has 0 radical (unpaired) electrons. The van der Waals surface area contributed by atoms with Gasteiger partial charge in [0.25, 0.3) is 5.56 Å². The van der Waals surface area contributed by atoms with Crippen molar-refractivity contribution in [2.75, 3.05) is 32.7 Å². The van der Waals surface area contributed by atoms with Crippen molar-refractivity contribution < 1.29 is 0 Å². The van der Waals surface area contributed by atoms with Gasteiger partial charge >= 0.3 is 0 Å². The smallest absolute Gasteiger partial charge is 0.266 e. The summed E-state index contributed by atoms with van der Waals surface area (Å²) in [5.41, 5.74) is 1.35. The van der Waals surface area contributed by atoms with Crippen molar-refractivity contribution in [1.29, 1.82) is 0 Å². The Labute approximate surface area is 152 Å². The van der Waals surface area contributed by atoms with Gasteiger partial charge in [-0.3, -0.25) is 14.6 Å². The van der Waals surface area contributed by atoms with E-state index in [1.807, 2.05) is 11.3 Å². The minimum atomic E-state index is -0.0196. The Hall–Kier alpha value is -1.57. The van der Waals surface area contributed by atoms with E-state index in [-0.39, 0.29) is 5.56 Å². The lowest BCUT2D eigenvalue weighted by Crippen LogP contribution is -2.47. The summed E-state index contributed by atoms with van der Waals surface area (Å²) >= 11 is 1.93. The fraction of sp³-hybridized carbons (Fsp3) is 0.611. The van der Waals surface area contributed by atoms with Gasteiger partial charge < -0.3 is 0 Å². The van der Waals surface area contributed by atoms with E-state index in [2.05, 4.69) is 14.9 Å². The Balaban J connectivity index is 1.25. The van der Waals surface area contributed by atoms with Crippen molar-refractivity contribution in [3.63, 3.8) is 0 Å². The van der Waals surface area contributed by atoms with Crippen LogP contribution in [0.4, 0.5) is 0 Å². The Bertz CT molecular complexity index is 739. The highest BCUT2D eigenvalue weighted by atomic mass is 32.1. The Kier molecular flexibility index (Phi) is 5.24. The van der Waals surface area contributed by atoms with E-state index < -0.39 is 0 Å². The lowest BCUT2D eigenvalue weighted by molar-refractivity contribution is 0.122. The standard InChI is InChI=1S/C18H25N5OS/c24-18-6-3-7-19-23(18)13-12-21-8-10-22(11-9-21)14-17-20-15-4-1-2-5-16(15)25-17/h3,6-7H,1-2,4-5,8-14H2. The minimum Gasteiger partial charge on any atom is -0.299 e. The summed E-state index contributed by atoms with van der Waals surface area (Å²) in [4.78, 5) is 23.0. The molecule has 1 fully saturated rings. The molecule has 4 rings (SSSR count). The van der Waals surface area contributed by atoms with Gasteiger partial charge in [0.05, 0.1) is 18.8 Å². The topological polar surface area (TPSA) is 54.3 Å². The number of aromatic nitrogens is 3. The van der Waals surface area contributed by atoms with Crippen LogP contribution in [0.1, 0.15) is 28.4 Å². The number of fused-ring (bicyclic) bond motifs is 1. The van der Waals surface area contributed by atoms with Crippen LogP contribution in [0.5, 0.6) is 0 Å². The summed E-state index contributed by atoms with van der Waals surface area (Å²) in [7, 11) is 0. The highest BCUT2D eigenvalue weighted by molar-refractivity contribution is 7.11. The van der Waals surface area contributed by atoms with Gasteiger partial charge in [0.1, 0.15) is 5.01 Å². The normalized spacial score (nSPS) is 19.0. The molecule has 0 bridgehead atoms. The van der Waals surface area contributed by atoms with Gasteiger partial charge in [-0.05, 0) is 31.7 Å². The van der Waals surface area contributed by atoms with Crippen LogP contribution in [0, 0.1) is 0 Å². The third kappa shape index (κ3) is 4.16. The van der Waals surface area contributed by atoms with Gasteiger partial charge in [0.15, 0.2) is 0 Å². The van der Waals surface area contributed by atoms with Crippen LogP contribution in [-0.4, -0.2) is 57.3 Å². The molecular weight excluding hydrogens is 334 g/mol. The summed E-state index contributed by atoms with van der Waals surface area (Å²) in [5, 5.41) is 5.42. The third-order valence-corrected chi connectivity index (χ3v) is 6.27. The van der Waals surface area contributed by atoms with Crippen molar-refractivity contribution in [2.24, 2.45) is 0 Å². The van der Waals surface area contributed by atoms with Crippen molar-refractivity contribution in [1.82, 2.24) is 24.6 Å². The first-order valence-electron chi connectivity index (χ1n) is 9.22. The van der Waals surface area contributed by atoms with E-state index in [1.165, 1.54) is 41.3 Å². The molecule has 0 unspecified atom stereocenters. The van der Waals surface area contributed by atoms with Crippen LogP contribution < -0.4 is 5.56 Å². The van der Waals surface area contributed by atoms with E-state index in [0.29, 0.717) is 6.54 Å². The molecule has 0 spiro atoms. The van der Waals surface area contributed by atoms with E-state index in [4.69, 9.17) is 4.98 Å². The second kappa shape index (κ2) is 7.76. The molecule has 1 aliphatic heterocycles. The molecular formula is C18H25N5OS. The monoisotopic (exact) mass is 359 g/mol. The lowest BCUT2D eigenvalue weighted by Gasteiger charge is -2.34. The first kappa shape index (κ1) is 16.9. The van der Waals surface area contributed by atoms with Gasteiger partial charge in [-0.2, -0.15) is 5.10 Å². The number of hydrogen-bond donors (Lipinski definition) is 0. The Morgan fingerprint density at radius 3 is 2.64 bits per heavy atom. The third-order valence-electron chi connectivity index (χ3n) is 5.13. The van der Waals surface area contributed by atoms with E-state index in [1.54, 1.807) is 23.0 Å². The molecule has 7 heteroatoms. The summed E-state index contributed by atoms with van der Waals surface area (Å²) in [6.07, 6.45) is 6.70. The van der Waals surface area contributed by atoms with Gasteiger partial charge in [-0.25, -0.2) is 9.67 Å². The summed E-state index contributed by atoms with van der Waals surface area (Å²) in [6, 6.07) is 3.26. The summed E-state index contributed by atoms with van der Waals surface area (Å²) in [6.45, 7) is 6.78. The average molecular weight is 359 g/mol. The van der Waals surface area contributed by atoms with Gasteiger partial charge in [0.2, 0.25) is 0 Å². The van der Waals surface area contributed by atoms with Crippen LogP contribution in [0.25, 0.3) is 0 Å². The van der Waals surface area contributed by atoms with Crippen LogP contribution in [-0.2, 0) is 25.9 Å². The fourth-order valence-electron chi connectivity index (χ4n) is 3.63. The molecule has 3 heterocycles. The predicted molar refractivity (Wildman–Crippen MR) is 99.0 cm³/mol. The molecule has 1 saturated heterocycles. The SMILES string of the molecule is O=c1cccnn1CCN1CCN(Cc2nc3c(s2)CCCC3)CC1. The van der Waals surface area contributed by atoms with Gasteiger partial charge in [-0.1, -0.05) is 0 Å². The van der Waals surface area contributed by atoms with Crippen LogP contribution in [0.2, 0.25) is 0 Å². The maximum atomic E-state index is 11.7. The first-order chi connectivity index (χ1) is 12.3. The fourth-order valence-corrected chi connectivity index (χ4v) is 4.83. The number of aryl methyl sites for hydroxylation is 2. The molecule has 134 valence electrons. The summed E-state index contributed by atoms with van der Waals surface area (Å²) in [5.74, 6) is 0. The first-order valence-corrected chi connectivity index (χ1v) is 10.0. The molecule has 2 aromatic heterocycles. The highest BCUT2D eigenvalue weighted by Crippen LogP contribution is 2.27. The molecule has 0 N–H and O–H groups in total. The zero-order chi connectivity index (χ0) is 17.1. The second-order valence-corrected chi connectivity index (χ2v) is 8.06. The lowest BCUT2D eigenvalue weighted by atomic mass is 10.0. The highest BCUT2D eigenvalue weighted by Gasteiger charge is 2.20. The van der Waals surface area contributed by atoms with E-state index in [0.717, 1.165) is 39.3 Å². The summed E-state index contributed by atoms with van der Waals surface area (Å²) < 4.78 is 1.55. The number of nitrogens with zero attached hydrogens (tertiary/aromatic N) is 5. The molecule has 0 amide bonds. The maximum Gasteiger partial charge on any atom is 0.266 e. The average Bonchev–Trinajstić information content (AvgIpc) is 3.04. The second-order valence-electron chi connectivity index (χ2n) is 6.89. The van der Waals surface area contributed by atoms with Gasteiger partial charge in [0, 0.05) is 49.9 Å². The van der Waals surface area contributed by atoms with Crippen molar-refractivity contribution in [3.8, 4) is 0 Å². The Morgan fingerprint density at radius 1 is 1.04 bits per heavy atom. The zero-order valence-electron chi connectivity index (χ0n) is 14.6. The number of thiazole rings is 1.